The highest BCUT2D eigenvalue weighted by atomic mass is 32.1. The summed E-state index contributed by atoms with van der Waals surface area (Å²) < 4.78 is 0. The van der Waals surface area contributed by atoms with E-state index in [9.17, 15) is 0 Å². The van der Waals surface area contributed by atoms with Gasteiger partial charge in [0, 0.05) is 23.4 Å². The maximum Gasteiger partial charge on any atom is 0.107 e. The van der Waals surface area contributed by atoms with E-state index < -0.39 is 0 Å². The van der Waals surface area contributed by atoms with E-state index in [0.29, 0.717) is 6.54 Å². The molecule has 1 aliphatic heterocycles. The predicted molar refractivity (Wildman–Crippen MR) is 82.4 cm³/mol. The topological polar surface area (TPSA) is 42.2 Å². The van der Waals surface area contributed by atoms with Crippen molar-refractivity contribution < 1.29 is 0 Å². The molecule has 1 saturated heterocycles. The molecule has 2 rings (SSSR count). The van der Waals surface area contributed by atoms with Crippen LogP contribution in [0.2, 0.25) is 0 Å². The molecule has 1 fully saturated rings. The third-order valence-corrected chi connectivity index (χ3v) is 4.80. The van der Waals surface area contributed by atoms with Gasteiger partial charge in [-0.05, 0) is 25.3 Å². The third kappa shape index (κ3) is 3.77. The molecular formula is C15H27N3S. The normalized spacial score (nSPS) is 21.8. The van der Waals surface area contributed by atoms with Crippen molar-refractivity contribution in [1.29, 1.82) is 0 Å². The van der Waals surface area contributed by atoms with Crippen LogP contribution in [0, 0.1) is 5.92 Å². The summed E-state index contributed by atoms with van der Waals surface area (Å²) in [5.74, 6) is 0.824. The number of likely N-dealkylation sites (tertiary alicyclic amines) is 1. The lowest BCUT2D eigenvalue weighted by atomic mass is 9.91. The number of hydrogen-bond acceptors (Lipinski definition) is 4. The Bertz CT molecular complexity index is 420. The Balaban J connectivity index is 2.10. The Morgan fingerprint density at radius 3 is 2.68 bits per heavy atom. The van der Waals surface area contributed by atoms with E-state index in [1.165, 1.54) is 41.5 Å². The van der Waals surface area contributed by atoms with Crippen LogP contribution in [-0.4, -0.2) is 23.0 Å². The van der Waals surface area contributed by atoms with Crippen LogP contribution < -0.4 is 5.73 Å². The first-order chi connectivity index (χ1) is 8.90. The summed E-state index contributed by atoms with van der Waals surface area (Å²) in [6.45, 7) is 13.0. The molecule has 19 heavy (non-hydrogen) atoms. The van der Waals surface area contributed by atoms with Crippen molar-refractivity contribution in [3.63, 3.8) is 0 Å². The monoisotopic (exact) mass is 281 g/mol. The molecule has 0 bridgehead atoms. The molecule has 2 N–H and O–H groups in total. The summed E-state index contributed by atoms with van der Waals surface area (Å²) in [6, 6.07) is 0. The van der Waals surface area contributed by atoms with Gasteiger partial charge < -0.3 is 5.73 Å². The molecule has 0 radical (unpaired) electrons. The number of piperidine rings is 1. The van der Waals surface area contributed by atoms with Crippen LogP contribution in [0.15, 0.2) is 0 Å². The van der Waals surface area contributed by atoms with Gasteiger partial charge >= 0.3 is 0 Å². The number of rotatable bonds is 3. The fourth-order valence-electron chi connectivity index (χ4n) is 2.81. The van der Waals surface area contributed by atoms with Crippen molar-refractivity contribution in [2.45, 2.75) is 59.0 Å². The molecule has 1 aliphatic rings. The van der Waals surface area contributed by atoms with Crippen LogP contribution in [0.1, 0.15) is 56.1 Å². The second-order valence-electron chi connectivity index (χ2n) is 6.82. The van der Waals surface area contributed by atoms with E-state index in [0.717, 1.165) is 12.5 Å². The lowest BCUT2D eigenvalue weighted by Crippen LogP contribution is -2.33. The van der Waals surface area contributed by atoms with Gasteiger partial charge in [-0.2, -0.15) is 0 Å². The molecule has 0 aliphatic carbocycles. The highest BCUT2D eigenvalue weighted by Crippen LogP contribution is 2.30. The first kappa shape index (κ1) is 14.9. The Labute approximate surface area is 121 Å². The van der Waals surface area contributed by atoms with Crippen LogP contribution in [0.5, 0.6) is 0 Å². The Kier molecular flexibility index (Phi) is 4.64. The van der Waals surface area contributed by atoms with Crippen molar-refractivity contribution in [3.05, 3.63) is 15.6 Å². The molecular weight excluding hydrogens is 254 g/mol. The summed E-state index contributed by atoms with van der Waals surface area (Å²) in [5.41, 5.74) is 7.16. The smallest absolute Gasteiger partial charge is 0.107 e. The molecule has 0 aromatic carbocycles. The van der Waals surface area contributed by atoms with Crippen LogP contribution in [-0.2, 0) is 18.5 Å². The molecule has 0 saturated carbocycles. The van der Waals surface area contributed by atoms with E-state index >= 15 is 0 Å². The van der Waals surface area contributed by atoms with Gasteiger partial charge in [0.25, 0.3) is 0 Å². The van der Waals surface area contributed by atoms with Gasteiger partial charge in [-0.3, -0.25) is 4.90 Å². The average Bonchev–Trinajstić information content (AvgIpc) is 2.72. The quantitative estimate of drug-likeness (QED) is 0.925. The summed E-state index contributed by atoms with van der Waals surface area (Å²) in [7, 11) is 0. The van der Waals surface area contributed by atoms with Gasteiger partial charge in [0.1, 0.15) is 5.01 Å². The third-order valence-electron chi connectivity index (χ3n) is 3.74. The highest BCUT2D eigenvalue weighted by Gasteiger charge is 2.24. The largest absolute Gasteiger partial charge is 0.326 e. The maximum atomic E-state index is 5.87. The van der Waals surface area contributed by atoms with Gasteiger partial charge in [0.2, 0.25) is 0 Å². The fraction of sp³-hybridized carbons (Fsp3) is 0.800. The number of aromatic nitrogens is 1. The van der Waals surface area contributed by atoms with Gasteiger partial charge in [-0.1, -0.05) is 27.7 Å². The van der Waals surface area contributed by atoms with Crippen molar-refractivity contribution >= 4 is 11.3 Å². The minimum Gasteiger partial charge on any atom is -0.326 e. The molecule has 0 spiro atoms. The minimum absolute atomic E-state index is 0.0959. The zero-order valence-electron chi connectivity index (χ0n) is 12.7. The molecule has 1 atom stereocenters. The second-order valence-corrected chi connectivity index (χ2v) is 7.98. The van der Waals surface area contributed by atoms with Gasteiger partial charge in [0.05, 0.1) is 12.2 Å². The number of nitrogens with two attached hydrogens (primary N) is 1. The predicted octanol–water partition coefficient (Wildman–Crippen LogP) is 3.13. The molecule has 1 aromatic heterocycles. The van der Waals surface area contributed by atoms with E-state index in [2.05, 4.69) is 32.6 Å². The van der Waals surface area contributed by atoms with Gasteiger partial charge in [-0.25, -0.2) is 4.98 Å². The van der Waals surface area contributed by atoms with Crippen molar-refractivity contribution in [2.75, 3.05) is 13.1 Å². The van der Waals surface area contributed by atoms with E-state index in [1.807, 2.05) is 0 Å². The van der Waals surface area contributed by atoms with Crippen molar-refractivity contribution in [3.8, 4) is 0 Å². The molecule has 0 amide bonds. The second kappa shape index (κ2) is 5.90. The van der Waals surface area contributed by atoms with Crippen LogP contribution in [0.3, 0.4) is 0 Å². The van der Waals surface area contributed by atoms with E-state index in [1.54, 1.807) is 11.3 Å². The fourth-order valence-corrected chi connectivity index (χ4v) is 4.01. The zero-order valence-corrected chi connectivity index (χ0v) is 13.5. The Morgan fingerprint density at radius 1 is 1.42 bits per heavy atom. The van der Waals surface area contributed by atoms with Crippen LogP contribution in [0.4, 0.5) is 0 Å². The minimum atomic E-state index is 0.0959. The number of thiazole rings is 1. The van der Waals surface area contributed by atoms with Crippen molar-refractivity contribution in [1.82, 2.24) is 9.88 Å². The molecule has 3 nitrogen and oxygen atoms in total. The van der Waals surface area contributed by atoms with Gasteiger partial charge in [0.15, 0.2) is 0 Å². The standard InChI is InChI=1S/C15H27N3S/c1-11-6-5-7-18(9-11)10-13-17-14(15(2,3)4)12(8-16)19-13/h11H,5-10,16H2,1-4H3. The molecule has 1 unspecified atom stereocenters. The maximum absolute atomic E-state index is 5.87. The first-order valence-electron chi connectivity index (χ1n) is 7.31. The summed E-state index contributed by atoms with van der Waals surface area (Å²) in [4.78, 5) is 8.67. The van der Waals surface area contributed by atoms with Gasteiger partial charge in [-0.15, -0.1) is 11.3 Å². The molecule has 108 valence electrons. The molecule has 1 aromatic rings. The Morgan fingerprint density at radius 2 is 2.16 bits per heavy atom. The lowest BCUT2D eigenvalue weighted by Gasteiger charge is -2.30. The average molecular weight is 281 g/mol. The zero-order chi connectivity index (χ0) is 14.0. The van der Waals surface area contributed by atoms with Crippen LogP contribution in [0.25, 0.3) is 0 Å². The SMILES string of the molecule is CC1CCCN(Cc2nc(C(C)(C)C)c(CN)s2)C1. The van der Waals surface area contributed by atoms with Crippen molar-refractivity contribution in [2.24, 2.45) is 11.7 Å². The van der Waals surface area contributed by atoms with Crippen LogP contribution >= 0.6 is 11.3 Å². The molecule has 2 heterocycles. The summed E-state index contributed by atoms with van der Waals surface area (Å²) >= 11 is 1.80. The first-order valence-corrected chi connectivity index (χ1v) is 8.13. The van der Waals surface area contributed by atoms with E-state index in [-0.39, 0.29) is 5.41 Å². The Hall–Kier alpha value is -0.450. The summed E-state index contributed by atoms with van der Waals surface area (Å²) in [6.07, 6.45) is 2.69. The number of nitrogens with zero attached hydrogens (tertiary/aromatic N) is 2. The highest BCUT2D eigenvalue weighted by molar-refractivity contribution is 7.11. The molecule has 4 heteroatoms. The number of hydrogen-bond donors (Lipinski definition) is 1. The lowest BCUT2D eigenvalue weighted by molar-refractivity contribution is 0.176. The summed E-state index contributed by atoms with van der Waals surface area (Å²) in [5, 5.41) is 1.24. The van der Waals surface area contributed by atoms with E-state index in [4.69, 9.17) is 10.7 Å².